The summed E-state index contributed by atoms with van der Waals surface area (Å²) in [5.41, 5.74) is -0.436. The summed E-state index contributed by atoms with van der Waals surface area (Å²) in [6.07, 6.45) is 0. The average molecular weight is 471 g/mol. The van der Waals surface area contributed by atoms with Crippen LogP contribution < -0.4 is 0 Å². The van der Waals surface area contributed by atoms with Crippen LogP contribution in [0, 0.1) is 0 Å². The van der Waals surface area contributed by atoms with Gasteiger partial charge in [0.05, 0.1) is 11.1 Å². The van der Waals surface area contributed by atoms with Gasteiger partial charge < -0.3 is 25.5 Å². The molecule has 2 aromatic carbocycles. The summed E-state index contributed by atoms with van der Waals surface area (Å²) < 4.78 is 0. The van der Waals surface area contributed by atoms with Crippen LogP contribution in [0.5, 0.6) is 28.7 Å². The molecule has 2 aromatic rings. The number of aromatic hydroxyl groups is 5. The number of rotatable bonds is 2. The van der Waals surface area contributed by atoms with Gasteiger partial charge in [0.2, 0.25) is 11.5 Å². The van der Waals surface area contributed by atoms with Crippen molar-refractivity contribution in [2.45, 2.75) is 0 Å². The van der Waals surface area contributed by atoms with Crippen LogP contribution in [0.1, 0.15) is 15.9 Å². The number of ketones is 1. The zero-order valence-corrected chi connectivity index (χ0v) is 15.7. The second-order valence-electron chi connectivity index (χ2n) is 3.86. The van der Waals surface area contributed by atoms with Crippen LogP contribution >= 0.6 is 0 Å². The summed E-state index contributed by atoms with van der Waals surface area (Å²) in [5, 5.41) is 46.8. The van der Waals surface area contributed by atoms with Gasteiger partial charge in [-0.05, 0) is 24.3 Å². The van der Waals surface area contributed by atoms with Crippen molar-refractivity contribution in [3.8, 4) is 28.7 Å². The van der Waals surface area contributed by atoms with Gasteiger partial charge >= 0.3 is 27.3 Å². The average Bonchev–Trinajstić information content (AvgIpc) is 2.35. The van der Waals surface area contributed by atoms with E-state index in [1.807, 2.05) is 0 Å². The molecular weight excluding hydrogens is 459 g/mol. The van der Waals surface area contributed by atoms with Crippen LogP contribution in [0.25, 0.3) is 0 Å². The van der Waals surface area contributed by atoms with Crippen molar-refractivity contribution in [2.24, 2.45) is 0 Å². The van der Waals surface area contributed by atoms with E-state index in [2.05, 4.69) is 0 Å². The Hall–Kier alpha value is -1.97. The van der Waals surface area contributed by atoms with Gasteiger partial charge in [0.15, 0.2) is 11.5 Å². The van der Waals surface area contributed by atoms with E-state index < -0.39 is 28.8 Å². The third kappa shape index (κ3) is 2.79. The van der Waals surface area contributed by atoms with E-state index in [0.29, 0.717) is 0 Å². The standard InChI is InChI=1S/C13H10O6.Pb.2H/c14-6-1-2-7(10(16)5-6)11(17)8-3-4-9(15)13(19)12(8)18;;;/h1-5,14-16,18-19H;;;. The summed E-state index contributed by atoms with van der Waals surface area (Å²) in [4.78, 5) is 12.1. The molecule has 0 aliphatic carbocycles. The van der Waals surface area contributed by atoms with Gasteiger partial charge in [-0.25, -0.2) is 0 Å². The van der Waals surface area contributed by atoms with Crippen molar-refractivity contribution in [3.05, 3.63) is 41.5 Å². The van der Waals surface area contributed by atoms with Gasteiger partial charge in [0.1, 0.15) is 11.5 Å². The third-order valence-corrected chi connectivity index (χ3v) is 2.60. The molecule has 2 rings (SSSR count). The SMILES string of the molecule is O=C(c1ccc(O)cc1O)c1ccc(O)c(O)c1O.[PbH2]. The van der Waals surface area contributed by atoms with Gasteiger partial charge in [-0.15, -0.1) is 0 Å². The van der Waals surface area contributed by atoms with Crippen LogP contribution in [0.3, 0.4) is 0 Å². The fourth-order valence-corrected chi connectivity index (χ4v) is 1.61. The fourth-order valence-electron chi connectivity index (χ4n) is 1.61. The molecule has 104 valence electrons. The quantitative estimate of drug-likeness (QED) is 0.248. The number of phenolic OH excluding ortho intramolecular Hbond substituents is 5. The van der Waals surface area contributed by atoms with E-state index >= 15 is 0 Å². The molecule has 0 saturated carbocycles. The van der Waals surface area contributed by atoms with Gasteiger partial charge in [-0.3, -0.25) is 4.79 Å². The van der Waals surface area contributed by atoms with Gasteiger partial charge in [-0.2, -0.15) is 0 Å². The molecule has 0 bridgehead atoms. The van der Waals surface area contributed by atoms with Crippen molar-refractivity contribution in [3.63, 3.8) is 0 Å². The number of carbonyl (C=O) groups excluding carboxylic acids is 1. The molecule has 0 aliphatic heterocycles. The van der Waals surface area contributed by atoms with Gasteiger partial charge in [0.25, 0.3) is 0 Å². The molecule has 0 aliphatic rings. The number of hydrogen-bond acceptors (Lipinski definition) is 6. The van der Waals surface area contributed by atoms with E-state index in [1.165, 1.54) is 12.1 Å². The Bertz CT molecular complexity index is 668. The van der Waals surface area contributed by atoms with Crippen molar-refractivity contribution in [2.75, 3.05) is 0 Å². The first-order valence-corrected chi connectivity index (χ1v) is 5.22. The van der Waals surface area contributed by atoms with Crippen LogP contribution in [0.4, 0.5) is 0 Å². The predicted octanol–water partition coefficient (Wildman–Crippen LogP) is 0.529. The van der Waals surface area contributed by atoms with E-state index in [9.17, 15) is 20.1 Å². The summed E-state index contributed by atoms with van der Waals surface area (Å²) in [6, 6.07) is 5.50. The van der Waals surface area contributed by atoms with Crippen molar-refractivity contribution in [1.82, 2.24) is 0 Å². The Morgan fingerprint density at radius 3 is 1.95 bits per heavy atom. The monoisotopic (exact) mass is 472 g/mol. The molecule has 5 N–H and O–H groups in total. The van der Waals surface area contributed by atoms with Crippen LogP contribution in [-0.2, 0) is 0 Å². The molecule has 0 unspecified atom stereocenters. The van der Waals surface area contributed by atoms with Crippen LogP contribution in [0.2, 0.25) is 0 Å². The molecule has 0 atom stereocenters. The number of carbonyl (C=O) groups is 1. The molecule has 6 nitrogen and oxygen atoms in total. The zero-order valence-electron chi connectivity index (χ0n) is 10.2. The first kappa shape index (κ1) is 16.1. The second kappa shape index (κ2) is 5.99. The van der Waals surface area contributed by atoms with E-state index in [1.54, 1.807) is 0 Å². The Morgan fingerprint density at radius 1 is 0.750 bits per heavy atom. The number of hydrogen-bond donors (Lipinski definition) is 5. The van der Waals surface area contributed by atoms with Crippen LogP contribution in [0.15, 0.2) is 30.3 Å². The summed E-state index contributed by atoms with van der Waals surface area (Å²) in [6.45, 7) is 0. The molecule has 2 radical (unpaired) electrons. The molecule has 0 aromatic heterocycles. The Kier molecular flexibility index (Phi) is 4.82. The first-order valence-electron chi connectivity index (χ1n) is 5.22. The van der Waals surface area contributed by atoms with Crippen molar-refractivity contribution < 1.29 is 30.3 Å². The fraction of sp³-hybridized carbons (Fsp3) is 0. The minimum absolute atomic E-state index is 0. The number of benzene rings is 2. The normalized spacial score (nSPS) is 9.80. The Morgan fingerprint density at radius 2 is 1.35 bits per heavy atom. The maximum atomic E-state index is 12.1. The van der Waals surface area contributed by atoms with E-state index in [0.717, 1.165) is 18.2 Å². The molecule has 7 heteroatoms. The molecule has 0 fully saturated rings. The van der Waals surface area contributed by atoms with Gasteiger partial charge in [0, 0.05) is 6.07 Å². The molecular formula is C13H12O6Pb. The third-order valence-electron chi connectivity index (χ3n) is 2.60. The van der Waals surface area contributed by atoms with E-state index in [4.69, 9.17) is 10.2 Å². The van der Waals surface area contributed by atoms with Crippen molar-refractivity contribution in [1.29, 1.82) is 0 Å². The number of phenols is 5. The summed E-state index contributed by atoms with van der Waals surface area (Å²) in [5.74, 6) is -3.60. The van der Waals surface area contributed by atoms with Crippen LogP contribution in [-0.4, -0.2) is 58.6 Å². The molecule has 0 spiro atoms. The Labute approximate surface area is 133 Å². The van der Waals surface area contributed by atoms with E-state index in [-0.39, 0.29) is 44.2 Å². The molecule has 0 heterocycles. The second-order valence-corrected chi connectivity index (χ2v) is 3.86. The van der Waals surface area contributed by atoms with Crippen molar-refractivity contribution >= 4 is 33.1 Å². The Balaban J connectivity index is 0.00000200. The molecule has 20 heavy (non-hydrogen) atoms. The summed E-state index contributed by atoms with van der Waals surface area (Å²) >= 11 is 0. The maximum absolute atomic E-state index is 12.1. The topological polar surface area (TPSA) is 118 Å². The zero-order chi connectivity index (χ0) is 14.2. The minimum atomic E-state index is -0.816. The predicted molar refractivity (Wildman–Crippen MR) is 73.2 cm³/mol. The molecule has 0 saturated heterocycles. The summed E-state index contributed by atoms with van der Waals surface area (Å²) in [7, 11) is 0. The first-order chi connectivity index (χ1) is 8.91. The van der Waals surface area contributed by atoms with Gasteiger partial charge in [-0.1, -0.05) is 0 Å². The molecule has 0 amide bonds.